The van der Waals surface area contributed by atoms with Gasteiger partial charge in [-0.05, 0) is 55.9 Å². The smallest absolute Gasteiger partial charge is 0.253 e. The van der Waals surface area contributed by atoms with E-state index in [1.54, 1.807) is 0 Å². The van der Waals surface area contributed by atoms with Gasteiger partial charge in [0.1, 0.15) is 4.90 Å². The van der Waals surface area contributed by atoms with E-state index in [-0.39, 0.29) is 38.5 Å². The summed E-state index contributed by atoms with van der Waals surface area (Å²) in [6, 6.07) is 10.9. The summed E-state index contributed by atoms with van der Waals surface area (Å²) in [6.45, 7) is 4.76. The lowest BCUT2D eigenvalue weighted by Gasteiger charge is -2.32. The van der Waals surface area contributed by atoms with Gasteiger partial charge in [-0.3, -0.25) is 9.69 Å². The van der Waals surface area contributed by atoms with E-state index in [0.29, 0.717) is 0 Å². The van der Waals surface area contributed by atoms with Gasteiger partial charge in [0.05, 0.1) is 15.6 Å². The number of hydrogen-bond acceptors (Lipinski definition) is 4. The zero-order chi connectivity index (χ0) is 22.9. The number of aryl methyl sites for hydroxylation is 1. The summed E-state index contributed by atoms with van der Waals surface area (Å²) >= 11 is 12.4. The maximum absolute atomic E-state index is 12.9. The first-order valence-electron chi connectivity index (χ1n) is 10.8. The van der Waals surface area contributed by atoms with E-state index < -0.39 is 10.0 Å². The molecular weight excluding hydrogens is 469 g/mol. The van der Waals surface area contributed by atoms with Crippen LogP contribution in [0.2, 0.25) is 10.0 Å². The molecule has 1 amide bonds. The van der Waals surface area contributed by atoms with Gasteiger partial charge in [0.15, 0.2) is 0 Å². The Labute approximate surface area is 199 Å². The molecule has 6 nitrogen and oxygen atoms in total. The maximum atomic E-state index is 12.9. The Morgan fingerprint density at radius 3 is 2.38 bits per heavy atom. The molecule has 2 aliphatic rings. The highest BCUT2D eigenvalue weighted by atomic mass is 35.5. The summed E-state index contributed by atoms with van der Waals surface area (Å²) in [5.74, 6) is -0.383. The molecule has 9 heteroatoms. The molecule has 2 aromatic carbocycles. The van der Waals surface area contributed by atoms with E-state index in [1.165, 1.54) is 23.3 Å². The molecule has 4 rings (SSSR count). The molecule has 1 saturated carbocycles. The SMILES string of the molecule is Cc1ccccc1CN1CCC(NC(=O)c2cc(S(=O)(=O)NC3CC3)c(Cl)cc2Cl)CC1. The van der Waals surface area contributed by atoms with Crippen molar-refractivity contribution in [3.63, 3.8) is 0 Å². The lowest BCUT2D eigenvalue weighted by Crippen LogP contribution is -2.44. The van der Waals surface area contributed by atoms with Crippen LogP contribution in [0.3, 0.4) is 0 Å². The Kier molecular flexibility index (Phi) is 7.12. The predicted molar refractivity (Wildman–Crippen MR) is 127 cm³/mol. The topological polar surface area (TPSA) is 78.5 Å². The lowest BCUT2D eigenvalue weighted by atomic mass is 10.0. The highest BCUT2D eigenvalue weighted by Gasteiger charge is 2.31. The second-order valence-electron chi connectivity index (χ2n) is 8.61. The number of piperidine rings is 1. The number of nitrogens with one attached hydrogen (secondary N) is 2. The van der Waals surface area contributed by atoms with Crippen LogP contribution in [0.25, 0.3) is 0 Å². The average Bonchev–Trinajstić information content (AvgIpc) is 3.54. The monoisotopic (exact) mass is 495 g/mol. The van der Waals surface area contributed by atoms with Gasteiger partial charge >= 0.3 is 0 Å². The van der Waals surface area contributed by atoms with Crippen molar-refractivity contribution < 1.29 is 13.2 Å². The van der Waals surface area contributed by atoms with Crippen molar-refractivity contribution in [2.45, 2.75) is 56.1 Å². The van der Waals surface area contributed by atoms with E-state index in [2.05, 4.69) is 40.1 Å². The van der Waals surface area contributed by atoms with Crippen LogP contribution in [0, 0.1) is 6.92 Å². The summed E-state index contributed by atoms with van der Waals surface area (Å²) < 4.78 is 27.8. The molecule has 0 aromatic heterocycles. The van der Waals surface area contributed by atoms with Crippen LogP contribution in [0.15, 0.2) is 41.3 Å². The molecule has 1 aliphatic heterocycles. The number of amides is 1. The summed E-state index contributed by atoms with van der Waals surface area (Å²) in [5, 5.41) is 3.15. The number of nitrogens with zero attached hydrogens (tertiary/aromatic N) is 1. The molecule has 2 aromatic rings. The molecule has 2 fully saturated rings. The van der Waals surface area contributed by atoms with Gasteiger partial charge < -0.3 is 5.32 Å². The minimum Gasteiger partial charge on any atom is -0.349 e. The number of likely N-dealkylation sites (tertiary alicyclic amines) is 1. The summed E-state index contributed by atoms with van der Waals surface area (Å²) in [5.41, 5.74) is 2.72. The first kappa shape index (κ1) is 23.5. The quantitative estimate of drug-likeness (QED) is 0.604. The first-order chi connectivity index (χ1) is 15.2. The summed E-state index contributed by atoms with van der Waals surface area (Å²) in [6.07, 6.45) is 3.25. The fraction of sp³-hybridized carbons (Fsp3) is 0.435. The molecule has 172 valence electrons. The largest absolute Gasteiger partial charge is 0.349 e. The summed E-state index contributed by atoms with van der Waals surface area (Å²) in [7, 11) is -3.80. The van der Waals surface area contributed by atoms with Gasteiger partial charge in [-0.25, -0.2) is 13.1 Å². The van der Waals surface area contributed by atoms with Crippen LogP contribution in [-0.2, 0) is 16.6 Å². The Hall–Kier alpha value is -1.64. The van der Waals surface area contributed by atoms with Gasteiger partial charge in [0, 0.05) is 31.7 Å². The highest BCUT2D eigenvalue weighted by Crippen LogP contribution is 2.31. The fourth-order valence-corrected chi connectivity index (χ4v) is 6.08. The second kappa shape index (κ2) is 9.69. The Morgan fingerprint density at radius 2 is 1.72 bits per heavy atom. The average molecular weight is 496 g/mol. The van der Waals surface area contributed by atoms with Crippen molar-refractivity contribution in [1.82, 2.24) is 14.9 Å². The van der Waals surface area contributed by atoms with Gasteiger partial charge in [-0.15, -0.1) is 0 Å². The van der Waals surface area contributed by atoms with Gasteiger partial charge in [-0.1, -0.05) is 47.5 Å². The molecule has 2 N–H and O–H groups in total. The van der Waals surface area contributed by atoms with E-state index in [4.69, 9.17) is 23.2 Å². The van der Waals surface area contributed by atoms with Gasteiger partial charge in [0.2, 0.25) is 10.0 Å². The van der Waals surface area contributed by atoms with E-state index in [0.717, 1.165) is 45.3 Å². The molecule has 0 unspecified atom stereocenters. The van der Waals surface area contributed by atoms with Crippen molar-refractivity contribution >= 4 is 39.1 Å². The number of benzene rings is 2. The van der Waals surface area contributed by atoms with Crippen molar-refractivity contribution in [2.75, 3.05) is 13.1 Å². The summed E-state index contributed by atoms with van der Waals surface area (Å²) in [4.78, 5) is 15.2. The Balaban J connectivity index is 1.39. The fourth-order valence-electron chi connectivity index (χ4n) is 3.92. The Morgan fingerprint density at radius 1 is 1.03 bits per heavy atom. The van der Waals surface area contributed by atoms with Gasteiger partial charge in [-0.2, -0.15) is 0 Å². The molecule has 0 radical (unpaired) electrons. The molecular formula is C23H27Cl2N3O3S. The minimum absolute atomic E-state index is 0.00390. The van der Waals surface area contributed by atoms with Crippen LogP contribution >= 0.6 is 23.2 Å². The highest BCUT2D eigenvalue weighted by molar-refractivity contribution is 7.89. The lowest BCUT2D eigenvalue weighted by molar-refractivity contribution is 0.0909. The molecule has 0 spiro atoms. The first-order valence-corrected chi connectivity index (χ1v) is 13.1. The normalized spacial score (nSPS) is 18.0. The van der Waals surface area contributed by atoms with Crippen molar-refractivity contribution in [3.05, 3.63) is 63.1 Å². The van der Waals surface area contributed by atoms with E-state index in [1.807, 2.05) is 6.07 Å². The molecule has 1 aliphatic carbocycles. The number of halogens is 2. The number of carbonyl (C=O) groups is 1. The molecule has 1 heterocycles. The van der Waals surface area contributed by atoms with Crippen molar-refractivity contribution in [1.29, 1.82) is 0 Å². The molecule has 0 atom stereocenters. The number of sulfonamides is 1. The van der Waals surface area contributed by atoms with Crippen LogP contribution in [0.1, 0.15) is 47.2 Å². The Bertz CT molecular complexity index is 1110. The van der Waals surface area contributed by atoms with Crippen LogP contribution < -0.4 is 10.0 Å². The second-order valence-corrected chi connectivity index (χ2v) is 11.1. The number of hydrogen-bond donors (Lipinski definition) is 2. The third-order valence-corrected chi connectivity index (χ3v) is 8.33. The standard InChI is InChI=1S/C23H27Cl2N3O3S/c1-15-4-2-3-5-16(15)14-28-10-8-17(9-11-28)26-23(29)19-12-22(21(25)13-20(19)24)32(30,31)27-18-6-7-18/h2-5,12-13,17-18,27H,6-11,14H2,1H3,(H,26,29). The van der Waals surface area contributed by atoms with E-state index >= 15 is 0 Å². The molecule has 1 saturated heterocycles. The van der Waals surface area contributed by atoms with E-state index in [9.17, 15) is 13.2 Å². The van der Waals surface area contributed by atoms with Gasteiger partial charge in [0.25, 0.3) is 5.91 Å². The van der Waals surface area contributed by atoms with Crippen LogP contribution in [-0.4, -0.2) is 44.4 Å². The zero-order valence-corrected chi connectivity index (χ0v) is 20.2. The maximum Gasteiger partial charge on any atom is 0.253 e. The molecule has 0 bridgehead atoms. The van der Waals surface area contributed by atoms with Crippen molar-refractivity contribution in [2.24, 2.45) is 0 Å². The third-order valence-electron chi connectivity index (χ3n) is 6.03. The molecule has 32 heavy (non-hydrogen) atoms. The number of rotatable bonds is 7. The number of carbonyl (C=O) groups excluding carboxylic acids is 1. The third kappa shape index (κ3) is 5.64. The van der Waals surface area contributed by atoms with Crippen molar-refractivity contribution in [3.8, 4) is 0 Å². The van der Waals surface area contributed by atoms with Crippen LogP contribution in [0.4, 0.5) is 0 Å². The zero-order valence-electron chi connectivity index (χ0n) is 17.9. The van der Waals surface area contributed by atoms with Crippen LogP contribution in [0.5, 0.6) is 0 Å². The minimum atomic E-state index is -3.80. The predicted octanol–water partition coefficient (Wildman–Crippen LogP) is 4.14.